The predicted octanol–water partition coefficient (Wildman–Crippen LogP) is 5.09. The molecule has 0 saturated carbocycles. The van der Waals surface area contributed by atoms with Crippen LogP contribution in [0.3, 0.4) is 0 Å². The lowest BCUT2D eigenvalue weighted by molar-refractivity contribution is 0.0683. The number of aldehydes is 1. The number of carboxylic acid groups (broad SMARTS) is 1. The fourth-order valence-electron chi connectivity index (χ4n) is 3.06. The Labute approximate surface area is 154 Å². The second kappa shape index (κ2) is 6.84. The summed E-state index contributed by atoms with van der Waals surface area (Å²) in [5, 5.41) is 10.3. The summed E-state index contributed by atoms with van der Waals surface area (Å²) in [7, 11) is 0. The first kappa shape index (κ1) is 17.4. The minimum absolute atomic E-state index is 0.0241. The lowest BCUT2D eigenvalue weighted by Gasteiger charge is -2.11. The highest BCUT2D eigenvalue weighted by atomic mass is 79.9. The summed E-state index contributed by atoms with van der Waals surface area (Å²) < 4.78 is 2.50. The number of rotatable bonds is 5. The highest BCUT2D eigenvalue weighted by Crippen LogP contribution is 2.29. The Morgan fingerprint density at radius 1 is 1.20 bits per heavy atom. The summed E-state index contributed by atoms with van der Waals surface area (Å²) in [5.74, 6) is -0.664. The van der Waals surface area contributed by atoms with Crippen LogP contribution in [0, 0.1) is 0 Å². The molecule has 3 aromatic rings. The van der Waals surface area contributed by atoms with Crippen LogP contribution >= 0.6 is 15.9 Å². The summed E-state index contributed by atoms with van der Waals surface area (Å²) in [6, 6.07) is 13.6. The van der Waals surface area contributed by atoms with Crippen molar-refractivity contribution in [1.82, 2.24) is 4.57 Å². The van der Waals surface area contributed by atoms with Gasteiger partial charge in [0, 0.05) is 21.9 Å². The molecule has 0 aliphatic heterocycles. The van der Waals surface area contributed by atoms with Crippen LogP contribution in [0.25, 0.3) is 10.9 Å². The summed E-state index contributed by atoms with van der Waals surface area (Å²) in [4.78, 5) is 23.3. The molecule has 0 radical (unpaired) electrons. The normalized spacial score (nSPS) is 11.2. The number of halogens is 1. The number of aromatic carboxylic acids is 1. The highest BCUT2D eigenvalue weighted by Gasteiger charge is 2.22. The van der Waals surface area contributed by atoms with E-state index in [0.717, 1.165) is 15.6 Å². The van der Waals surface area contributed by atoms with E-state index in [9.17, 15) is 14.7 Å². The average molecular weight is 400 g/mol. The Balaban J connectivity index is 2.15. The van der Waals surface area contributed by atoms with Gasteiger partial charge in [0.2, 0.25) is 0 Å². The lowest BCUT2D eigenvalue weighted by atomic mass is 10.0. The van der Waals surface area contributed by atoms with Gasteiger partial charge in [-0.05, 0) is 35.2 Å². The van der Waals surface area contributed by atoms with Crippen LogP contribution in [0.5, 0.6) is 0 Å². The molecule has 0 aliphatic carbocycles. The molecule has 1 heterocycles. The van der Waals surface area contributed by atoms with Gasteiger partial charge in [-0.15, -0.1) is 0 Å². The molecule has 0 aliphatic rings. The highest BCUT2D eigenvalue weighted by molar-refractivity contribution is 9.10. The Morgan fingerprint density at radius 3 is 2.44 bits per heavy atom. The molecule has 5 heteroatoms. The van der Waals surface area contributed by atoms with E-state index in [4.69, 9.17) is 0 Å². The number of carboxylic acids is 1. The van der Waals surface area contributed by atoms with Crippen molar-refractivity contribution in [3.05, 3.63) is 69.3 Å². The van der Waals surface area contributed by atoms with Crippen LogP contribution in [0.4, 0.5) is 0 Å². The second-order valence-corrected chi connectivity index (χ2v) is 7.24. The SMILES string of the molecule is CC(C)c1ccc(Cn2c(C(=O)O)c(C=O)c3cc(Br)ccc32)cc1. The number of hydrogen-bond acceptors (Lipinski definition) is 2. The van der Waals surface area contributed by atoms with Crippen LogP contribution in [0.15, 0.2) is 46.9 Å². The van der Waals surface area contributed by atoms with Crippen molar-refractivity contribution in [2.75, 3.05) is 0 Å². The van der Waals surface area contributed by atoms with Crippen LogP contribution in [-0.4, -0.2) is 21.9 Å². The molecular formula is C20H18BrNO3. The maximum Gasteiger partial charge on any atom is 0.353 e. The Hall–Kier alpha value is -2.40. The van der Waals surface area contributed by atoms with E-state index in [-0.39, 0.29) is 11.3 Å². The molecule has 0 unspecified atom stereocenters. The molecule has 25 heavy (non-hydrogen) atoms. The van der Waals surface area contributed by atoms with E-state index >= 15 is 0 Å². The van der Waals surface area contributed by atoms with Gasteiger partial charge in [0.25, 0.3) is 0 Å². The van der Waals surface area contributed by atoms with E-state index < -0.39 is 5.97 Å². The zero-order valence-electron chi connectivity index (χ0n) is 14.0. The van der Waals surface area contributed by atoms with Crippen LogP contribution in [-0.2, 0) is 6.54 Å². The van der Waals surface area contributed by atoms with E-state index in [0.29, 0.717) is 24.1 Å². The van der Waals surface area contributed by atoms with Gasteiger partial charge in [-0.25, -0.2) is 4.79 Å². The Bertz CT molecular complexity index is 955. The molecule has 0 saturated heterocycles. The van der Waals surface area contributed by atoms with Gasteiger partial charge in [-0.3, -0.25) is 4.79 Å². The molecule has 0 spiro atoms. The fourth-order valence-corrected chi connectivity index (χ4v) is 3.42. The smallest absolute Gasteiger partial charge is 0.353 e. The minimum Gasteiger partial charge on any atom is -0.477 e. The largest absolute Gasteiger partial charge is 0.477 e. The van der Waals surface area contributed by atoms with E-state index in [1.54, 1.807) is 10.6 Å². The lowest BCUT2D eigenvalue weighted by Crippen LogP contribution is -2.11. The van der Waals surface area contributed by atoms with Crippen molar-refractivity contribution >= 4 is 39.1 Å². The molecule has 2 aromatic carbocycles. The van der Waals surface area contributed by atoms with Crippen molar-refractivity contribution in [3.63, 3.8) is 0 Å². The third kappa shape index (κ3) is 3.24. The van der Waals surface area contributed by atoms with Gasteiger partial charge in [0.15, 0.2) is 6.29 Å². The molecule has 1 N–H and O–H groups in total. The number of carbonyl (C=O) groups excluding carboxylic acids is 1. The maximum atomic E-state index is 11.8. The summed E-state index contributed by atoms with van der Waals surface area (Å²) >= 11 is 3.38. The first-order valence-electron chi connectivity index (χ1n) is 8.01. The average Bonchev–Trinajstić information content (AvgIpc) is 2.88. The topological polar surface area (TPSA) is 59.3 Å². The summed E-state index contributed by atoms with van der Waals surface area (Å²) in [6.45, 7) is 4.66. The van der Waals surface area contributed by atoms with Crippen molar-refractivity contribution in [1.29, 1.82) is 0 Å². The van der Waals surface area contributed by atoms with Gasteiger partial charge in [-0.2, -0.15) is 0 Å². The van der Waals surface area contributed by atoms with Gasteiger partial charge < -0.3 is 9.67 Å². The number of fused-ring (bicyclic) bond motifs is 1. The summed E-state index contributed by atoms with van der Waals surface area (Å²) in [5.41, 5.74) is 3.19. The Morgan fingerprint density at radius 2 is 1.88 bits per heavy atom. The van der Waals surface area contributed by atoms with Crippen LogP contribution in [0.1, 0.15) is 51.7 Å². The van der Waals surface area contributed by atoms with Gasteiger partial charge in [0.05, 0.1) is 5.56 Å². The van der Waals surface area contributed by atoms with E-state index in [2.05, 4.69) is 41.9 Å². The van der Waals surface area contributed by atoms with Gasteiger partial charge in [0.1, 0.15) is 5.69 Å². The fraction of sp³-hybridized carbons (Fsp3) is 0.200. The number of benzene rings is 2. The molecule has 128 valence electrons. The summed E-state index contributed by atoms with van der Waals surface area (Å²) in [6.07, 6.45) is 0.622. The molecule has 4 nitrogen and oxygen atoms in total. The van der Waals surface area contributed by atoms with Crippen molar-refractivity contribution in [3.8, 4) is 0 Å². The van der Waals surface area contributed by atoms with Gasteiger partial charge >= 0.3 is 5.97 Å². The third-order valence-corrected chi connectivity index (χ3v) is 4.87. The zero-order chi connectivity index (χ0) is 18.1. The van der Waals surface area contributed by atoms with Crippen LogP contribution < -0.4 is 0 Å². The quantitative estimate of drug-likeness (QED) is 0.608. The molecule has 0 bridgehead atoms. The van der Waals surface area contributed by atoms with E-state index in [1.807, 2.05) is 24.3 Å². The number of nitrogens with zero attached hydrogens (tertiary/aromatic N) is 1. The maximum absolute atomic E-state index is 11.8. The minimum atomic E-state index is -1.10. The Kier molecular flexibility index (Phi) is 4.77. The molecule has 1 aromatic heterocycles. The van der Waals surface area contributed by atoms with Crippen LogP contribution in [0.2, 0.25) is 0 Å². The number of aromatic nitrogens is 1. The van der Waals surface area contributed by atoms with Gasteiger partial charge in [-0.1, -0.05) is 54.0 Å². The van der Waals surface area contributed by atoms with Crippen molar-refractivity contribution < 1.29 is 14.7 Å². The monoisotopic (exact) mass is 399 g/mol. The molecule has 0 atom stereocenters. The second-order valence-electron chi connectivity index (χ2n) is 6.33. The predicted molar refractivity (Wildman–Crippen MR) is 102 cm³/mol. The van der Waals surface area contributed by atoms with Crippen molar-refractivity contribution in [2.24, 2.45) is 0 Å². The van der Waals surface area contributed by atoms with Crippen molar-refractivity contribution in [2.45, 2.75) is 26.3 Å². The molecule has 0 fully saturated rings. The number of hydrogen-bond donors (Lipinski definition) is 1. The zero-order valence-corrected chi connectivity index (χ0v) is 15.6. The number of carbonyl (C=O) groups is 2. The molecular weight excluding hydrogens is 382 g/mol. The molecule has 3 rings (SSSR count). The standard InChI is InChI=1S/C20H18BrNO3/c1-12(2)14-5-3-13(4-6-14)10-22-18-8-7-15(21)9-16(18)17(11-23)19(22)20(24)25/h3-9,11-12H,10H2,1-2H3,(H,24,25). The third-order valence-electron chi connectivity index (χ3n) is 4.37. The molecule has 0 amide bonds. The van der Waals surface area contributed by atoms with E-state index in [1.165, 1.54) is 5.56 Å². The first-order chi connectivity index (χ1) is 11.9. The first-order valence-corrected chi connectivity index (χ1v) is 8.80.